The second kappa shape index (κ2) is 3.64. The largest absolute Gasteiger partial charge is 0.438 e. The zero-order valence-corrected chi connectivity index (χ0v) is 8.65. The Kier molecular flexibility index (Phi) is 2.46. The van der Waals surface area contributed by atoms with Crippen molar-refractivity contribution in [2.75, 3.05) is 14.2 Å². The maximum atomic E-state index is 11.8. The van der Waals surface area contributed by atoms with E-state index in [1.165, 1.54) is 14.2 Å². The van der Waals surface area contributed by atoms with Gasteiger partial charge in [-0.3, -0.25) is 4.79 Å². The van der Waals surface area contributed by atoms with E-state index in [0.29, 0.717) is 11.3 Å². The van der Waals surface area contributed by atoms with Crippen molar-refractivity contribution in [2.24, 2.45) is 0 Å². The van der Waals surface area contributed by atoms with Crippen LogP contribution in [0.4, 0.5) is 0 Å². The summed E-state index contributed by atoms with van der Waals surface area (Å²) in [5.41, 5.74) is 0.572. The third-order valence-corrected chi connectivity index (χ3v) is 2.45. The molecule has 0 aliphatic carbocycles. The Hall–Kier alpha value is -1.39. The summed E-state index contributed by atoms with van der Waals surface area (Å²) in [4.78, 5) is 11.8. The number of hydrogen-bond acceptors (Lipinski definition) is 4. The summed E-state index contributed by atoms with van der Waals surface area (Å²) in [5.74, 6) is -0.816. The zero-order valence-electron chi connectivity index (χ0n) is 8.65. The number of carbonyl (C=O) groups excluding carboxylic acids is 1. The van der Waals surface area contributed by atoms with Gasteiger partial charge in [-0.1, -0.05) is 12.1 Å². The molecule has 0 bridgehead atoms. The van der Waals surface area contributed by atoms with E-state index in [-0.39, 0.29) is 12.2 Å². The second-order valence-electron chi connectivity index (χ2n) is 3.29. The van der Waals surface area contributed by atoms with Crippen molar-refractivity contribution >= 4 is 5.78 Å². The minimum absolute atomic E-state index is 0.0412. The van der Waals surface area contributed by atoms with Gasteiger partial charge in [-0.25, -0.2) is 0 Å². The van der Waals surface area contributed by atoms with E-state index < -0.39 is 5.97 Å². The molecule has 2 rings (SSSR count). The number of ether oxygens (including phenoxy) is 3. The second-order valence-corrected chi connectivity index (χ2v) is 3.29. The number of para-hydroxylation sites is 1. The number of rotatable bonds is 2. The fourth-order valence-corrected chi connectivity index (χ4v) is 1.59. The van der Waals surface area contributed by atoms with Gasteiger partial charge in [-0.2, -0.15) is 0 Å². The number of benzene rings is 1. The highest BCUT2D eigenvalue weighted by Gasteiger charge is 2.41. The Morgan fingerprint density at radius 2 is 1.93 bits per heavy atom. The molecule has 0 N–H and O–H groups in total. The van der Waals surface area contributed by atoms with Crippen molar-refractivity contribution in [2.45, 2.75) is 12.4 Å². The van der Waals surface area contributed by atoms with Crippen LogP contribution in [0.1, 0.15) is 16.8 Å². The summed E-state index contributed by atoms with van der Waals surface area (Å²) < 4.78 is 15.7. The summed E-state index contributed by atoms with van der Waals surface area (Å²) in [6.45, 7) is 0. The lowest BCUT2D eigenvalue weighted by atomic mass is 10.0. The van der Waals surface area contributed by atoms with E-state index in [1.807, 2.05) is 0 Å². The van der Waals surface area contributed by atoms with E-state index in [1.54, 1.807) is 24.3 Å². The van der Waals surface area contributed by atoms with Gasteiger partial charge in [0.25, 0.3) is 0 Å². The molecule has 15 heavy (non-hydrogen) atoms. The summed E-state index contributed by atoms with van der Waals surface area (Å²) in [5, 5.41) is 0. The molecule has 0 unspecified atom stereocenters. The molecule has 1 aliphatic heterocycles. The molecule has 1 aromatic rings. The van der Waals surface area contributed by atoms with Gasteiger partial charge in [0.1, 0.15) is 12.2 Å². The fourth-order valence-electron chi connectivity index (χ4n) is 1.59. The maximum absolute atomic E-state index is 11.8. The van der Waals surface area contributed by atoms with Crippen molar-refractivity contribution in [1.82, 2.24) is 0 Å². The highest BCUT2D eigenvalue weighted by molar-refractivity contribution is 6.00. The van der Waals surface area contributed by atoms with Gasteiger partial charge in [-0.05, 0) is 12.1 Å². The Morgan fingerprint density at radius 3 is 2.60 bits per heavy atom. The molecule has 0 fully saturated rings. The van der Waals surface area contributed by atoms with Gasteiger partial charge in [0.05, 0.1) is 5.56 Å². The Labute approximate surface area is 87.8 Å². The third kappa shape index (κ3) is 1.62. The first-order chi connectivity index (χ1) is 7.21. The van der Waals surface area contributed by atoms with Crippen molar-refractivity contribution in [1.29, 1.82) is 0 Å². The first-order valence-electron chi connectivity index (χ1n) is 4.62. The Bertz CT molecular complexity index is 382. The van der Waals surface area contributed by atoms with E-state index in [2.05, 4.69) is 0 Å². The minimum Gasteiger partial charge on any atom is -0.438 e. The number of carbonyl (C=O) groups is 1. The highest BCUT2D eigenvalue weighted by Crippen LogP contribution is 2.33. The van der Waals surface area contributed by atoms with Crippen molar-refractivity contribution < 1.29 is 19.0 Å². The Morgan fingerprint density at radius 1 is 1.27 bits per heavy atom. The van der Waals surface area contributed by atoms with Crippen LogP contribution in [0.15, 0.2) is 24.3 Å². The molecule has 0 aromatic heterocycles. The third-order valence-electron chi connectivity index (χ3n) is 2.45. The number of methoxy groups -OCH3 is 2. The van der Waals surface area contributed by atoms with Crippen LogP contribution < -0.4 is 4.74 Å². The SMILES string of the molecule is COC1(OC)CC(=O)c2ccccc2O1. The molecule has 0 atom stereocenters. The van der Waals surface area contributed by atoms with Gasteiger partial charge < -0.3 is 14.2 Å². The van der Waals surface area contributed by atoms with Crippen LogP contribution in [-0.2, 0) is 9.47 Å². The van der Waals surface area contributed by atoms with Crippen molar-refractivity contribution in [3.05, 3.63) is 29.8 Å². The van der Waals surface area contributed by atoms with Gasteiger partial charge in [-0.15, -0.1) is 0 Å². The Balaban J connectivity index is 2.41. The van der Waals surface area contributed by atoms with Gasteiger partial charge in [0.15, 0.2) is 5.78 Å². The van der Waals surface area contributed by atoms with Crippen LogP contribution in [0.25, 0.3) is 0 Å². The van der Waals surface area contributed by atoms with Crippen LogP contribution >= 0.6 is 0 Å². The van der Waals surface area contributed by atoms with Crippen LogP contribution in [0.2, 0.25) is 0 Å². The molecule has 1 aliphatic rings. The molecule has 0 saturated heterocycles. The quantitative estimate of drug-likeness (QED) is 0.692. The van der Waals surface area contributed by atoms with Gasteiger partial charge in [0.2, 0.25) is 0 Å². The lowest BCUT2D eigenvalue weighted by Gasteiger charge is -2.34. The summed E-state index contributed by atoms with van der Waals surface area (Å²) in [6.07, 6.45) is 0.0665. The van der Waals surface area contributed by atoms with Crippen molar-refractivity contribution in [3.8, 4) is 5.75 Å². The number of ketones is 1. The normalized spacial score (nSPS) is 18.1. The molecule has 0 radical (unpaired) electrons. The van der Waals surface area contributed by atoms with E-state index in [4.69, 9.17) is 14.2 Å². The average molecular weight is 208 g/mol. The lowest BCUT2D eigenvalue weighted by Crippen LogP contribution is -2.45. The van der Waals surface area contributed by atoms with Gasteiger partial charge in [0, 0.05) is 14.2 Å². The van der Waals surface area contributed by atoms with Crippen LogP contribution in [0.3, 0.4) is 0 Å². The van der Waals surface area contributed by atoms with E-state index >= 15 is 0 Å². The number of hydrogen-bond donors (Lipinski definition) is 0. The van der Waals surface area contributed by atoms with Crippen LogP contribution in [0.5, 0.6) is 5.75 Å². The standard InChI is InChI=1S/C11H12O4/c1-13-11(14-2)7-9(12)8-5-3-4-6-10(8)15-11/h3-6H,7H2,1-2H3. The van der Waals surface area contributed by atoms with E-state index in [9.17, 15) is 4.79 Å². The monoisotopic (exact) mass is 208 g/mol. The van der Waals surface area contributed by atoms with Crippen molar-refractivity contribution in [3.63, 3.8) is 0 Å². The number of fused-ring (bicyclic) bond motifs is 1. The zero-order chi connectivity index (χ0) is 10.9. The lowest BCUT2D eigenvalue weighted by molar-refractivity contribution is -0.320. The molecule has 0 saturated carbocycles. The predicted octanol–water partition coefficient (Wildman–Crippen LogP) is 1.60. The molecule has 0 amide bonds. The van der Waals surface area contributed by atoms with Crippen LogP contribution in [-0.4, -0.2) is 26.0 Å². The molecule has 4 nitrogen and oxygen atoms in total. The van der Waals surface area contributed by atoms with E-state index in [0.717, 1.165) is 0 Å². The first-order valence-corrected chi connectivity index (χ1v) is 4.62. The summed E-state index contributed by atoms with van der Waals surface area (Å²) in [7, 11) is 2.90. The maximum Gasteiger partial charge on any atom is 0.334 e. The minimum atomic E-state index is -1.27. The topological polar surface area (TPSA) is 44.8 Å². The summed E-state index contributed by atoms with van der Waals surface area (Å²) in [6, 6.07) is 7.05. The predicted molar refractivity (Wildman–Crippen MR) is 52.8 cm³/mol. The molecular formula is C11H12O4. The molecule has 80 valence electrons. The molecule has 1 aromatic carbocycles. The van der Waals surface area contributed by atoms with Crippen LogP contribution in [0, 0.1) is 0 Å². The molecule has 1 heterocycles. The average Bonchev–Trinajstić information content (AvgIpc) is 2.29. The highest BCUT2D eigenvalue weighted by atomic mass is 16.9. The summed E-state index contributed by atoms with van der Waals surface area (Å²) >= 11 is 0. The first kappa shape index (κ1) is 10.1. The van der Waals surface area contributed by atoms with Gasteiger partial charge >= 0.3 is 5.97 Å². The smallest absolute Gasteiger partial charge is 0.334 e. The molecule has 4 heteroatoms. The number of Topliss-reactive ketones (excluding diaryl/α,β-unsaturated/α-hetero) is 1. The molecular weight excluding hydrogens is 196 g/mol. The molecule has 0 spiro atoms. The fraction of sp³-hybridized carbons (Fsp3) is 0.364.